The van der Waals surface area contributed by atoms with Gasteiger partial charge in [0.2, 0.25) is 0 Å². The first-order valence-electron chi connectivity index (χ1n) is 3.06. The molecule has 1 aromatic carbocycles. The van der Waals surface area contributed by atoms with E-state index in [1.54, 1.807) is 6.07 Å². The minimum absolute atomic E-state index is 0.131. The van der Waals surface area contributed by atoms with Crippen LogP contribution in [0.5, 0.6) is 0 Å². The first-order valence-corrected chi connectivity index (χ1v) is 10.8. The Morgan fingerprint density at radius 3 is 2.38 bits per heavy atom. The third-order valence-corrected chi connectivity index (χ3v) is 1.63. The molecular formula is C7H4BrF3SZn. The van der Waals surface area contributed by atoms with E-state index < -0.39 is 5.51 Å². The zero-order valence-corrected chi connectivity index (χ0v) is 11.8. The molecule has 0 N–H and O–H groups in total. The number of halogens is 4. The van der Waals surface area contributed by atoms with E-state index in [1.165, 1.54) is 34.5 Å². The summed E-state index contributed by atoms with van der Waals surface area (Å²) in [4.78, 5) is 0.167. The molecule has 0 aromatic heterocycles. The van der Waals surface area contributed by atoms with Gasteiger partial charge in [-0.1, -0.05) is 16.7 Å². The Morgan fingerprint density at radius 2 is 2.00 bits per heavy atom. The maximum absolute atomic E-state index is 11.7. The number of rotatable bonds is 1. The Balaban J connectivity index is 0.000000671. The van der Waals surface area contributed by atoms with Gasteiger partial charge in [0.25, 0.3) is 0 Å². The topological polar surface area (TPSA) is 0 Å². The molecule has 0 atom stereocenters. The molecule has 0 aliphatic heterocycles. The summed E-state index contributed by atoms with van der Waals surface area (Å²) in [5.74, 6) is 0. The Labute approximate surface area is 95.3 Å². The van der Waals surface area contributed by atoms with Crippen LogP contribution in [0.3, 0.4) is 0 Å². The second-order valence-corrected chi connectivity index (χ2v) is 2.93. The predicted molar refractivity (Wildman–Crippen MR) is 46.1 cm³/mol. The molecule has 0 bridgehead atoms. The minimum atomic E-state index is -4.20. The van der Waals surface area contributed by atoms with Crippen molar-refractivity contribution in [2.45, 2.75) is 10.4 Å². The molecule has 6 heteroatoms. The first-order chi connectivity index (χ1) is 6.08. The molecule has 0 unspecified atom stereocenters. The molecule has 0 spiro atoms. The molecule has 0 fully saturated rings. The molecule has 0 aliphatic carbocycles. The van der Waals surface area contributed by atoms with Crippen molar-refractivity contribution in [2.24, 2.45) is 0 Å². The van der Waals surface area contributed by atoms with E-state index in [0.717, 1.165) is 0 Å². The molecule has 0 heterocycles. The van der Waals surface area contributed by atoms with Gasteiger partial charge in [-0.05, 0) is 0 Å². The number of hydrogen-bond acceptors (Lipinski definition) is 1. The van der Waals surface area contributed by atoms with Crippen LogP contribution < -0.4 is 0 Å². The number of alkyl halides is 3. The molecular weight excluding hydrogens is 318 g/mol. The van der Waals surface area contributed by atoms with Crippen molar-refractivity contribution in [2.75, 3.05) is 0 Å². The summed E-state index contributed by atoms with van der Waals surface area (Å²) in [6.07, 6.45) is 0. The SMILES string of the molecule is FC(F)(F)Sc1c[c-]ccc1.[Zn+][Br]. The summed E-state index contributed by atoms with van der Waals surface area (Å²) in [6.45, 7) is 0. The van der Waals surface area contributed by atoms with E-state index in [0.29, 0.717) is 0 Å². The standard InChI is InChI=1S/C7H4F3S.BrH.Zn/c8-7(9,10)11-6-4-2-1-3-5-6;;/h1-2,4-5H;1H;/q-1;;+2/p-1. The van der Waals surface area contributed by atoms with E-state index in [9.17, 15) is 13.2 Å². The number of hydrogen-bond donors (Lipinski definition) is 0. The zero-order valence-electron chi connectivity index (χ0n) is 6.44. The molecule has 0 saturated carbocycles. The van der Waals surface area contributed by atoms with Crippen molar-refractivity contribution < 1.29 is 29.5 Å². The van der Waals surface area contributed by atoms with Crippen LogP contribution in [0.1, 0.15) is 0 Å². The molecule has 0 aliphatic rings. The summed E-state index contributed by atoms with van der Waals surface area (Å²) < 4.78 is 35.1. The molecule has 1 aromatic rings. The number of benzene rings is 1. The van der Waals surface area contributed by atoms with Gasteiger partial charge >= 0.3 is 35.5 Å². The normalized spacial score (nSPS) is 10.3. The van der Waals surface area contributed by atoms with Crippen molar-refractivity contribution in [1.82, 2.24) is 0 Å². The van der Waals surface area contributed by atoms with Gasteiger partial charge in [0, 0.05) is 0 Å². The van der Waals surface area contributed by atoms with Crippen LogP contribution in [0.25, 0.3) is 0 Å². The Kier molecular flexibility index (Phi) is 7.09. The van der Waals surface area contributed by atoms with E-state index >= 15 is 0 Å². The molecule has 0 amide bonds. The van der Waals surface area contributed by atoms with Crippen LogP contribution in [-0.2, 0) is 16.3 Å². The fourth-order valence-corrected chi connectivity index (χ4v) is 1.11. The van der Waals surface area contributed by atoms with Gasteiger partial charge < -0.3 is 0 Å². The third kappa shape index (κ3) is 7.53. The van der Waals surface area contributed by atoms with E-state index in [-0.39, 0.29) is 16.7 Å². The molecule has 0 nitrogen and oxygen atoms in total. The van der Waals surface area contributed by atoms with Crippen LogP contribution in [0.15, 0.2) is 29.2 Å². The monoisotopic (exact) mass is 320 g/mol. The summed E-state index contributed by atoms with van der Waals surface area (Å²) in [5.41, 5.74) is -4.20. The Bertz CT molecular complexity index is 227. The molecule has 0 saturated heterocycles. The van der Waals surface area contributed by atoms with Gasteiger partial charge in [-0.15, -0.1) is 0 Å². The van der Waals surface area contributed by atoms with Crippen molar-refractivity contribution in [3.8, 4) is 0 Å². The van der Waals surface area contributed by atoms with Gasteiger partial charge in [-0.25, -0.2) is 0 Å². The van der Waals surface area contributed by atoms with Crippen LogP contribution in [0.2, 0.25) is 0 Å². The summed E-state index contributed by atoms with van der Waals surface area (Å²) in [5, 5.41) is 0. The van der Waals surface area contributed by atoms with Gasteiger partial charge in [-0.2, -0.15) is 43.5 Å². The first kappa shape index (κ1) is 13.5. The zero-order chi connectivity index (χ0) is 10.3. The summed E-state index contributed by atoms with van der Waals surface area (Å²) >= 11 is 4.12. The van der Waals surface area contributed by atoms with Crippen molar-refractivity contribution in [1.29, 1.82) is 0 Å². The average molecular weight is 322 g/mol. The van der Waals surface area contributed by atoms with Crippen LogP contribution in [0, 0.1) is 6.07 Å². The summed E-state index contributed by atoms with van der Waals surface area (Å²) in [7, 11) is 0. The van der Waals surface area contributed by atoms with Crippen LogP contribution in [-0.4, -0.2) is 5.51 Å². The number of thioether (sulfide) groups is 1. The van der Waals surface area contributed by atoms with Crippen molar-refractivity contribution in [3.05, 3.63) is 30.3 Å². The van der Waals surface area contributed by atoms with Crippen molar-refractivity contribution >= 4 is 25.4 Å². The van der Waals surface area contributed by atoms with E-state index in [1.807, 2.05) is 0 Å². The predicted octanol–water partition coefficient (Wildman–Crippen LogP) is 3.94. The Hall–Kier alpha value is 0.463. The second-order valence-electron chi connectivity index (χ2n) is 1.79. The second kappa shape index (κ2) is 6.85. The molecule has 68 valence electrons. The van der Waals surface area contributed by atoms with Gasteiger partial charge in [0.05, 0.1) is 0 Å². The van der Waals surface area contributed by atoms with Crippen LogP contribution in [0.4, 0.5) is 13.2 Å². The molecule has 13 heavy (non-hydrogen) atoms. The third-order valence-electron chi connectivity index (χ3n) is 0.912. The summed E-state index contributed by atoms with van der Waals surface area (Å²) in [6, 6.07) is 8.34. The quantitative estimate of drug-likeness (QED) is 0.429. The van der Waals surface area contributed by atoms with Gasteiger partial charge in [0.1, 0.15) is 0 Å². The van der Waals surface area contributed by atoms with E-state index in [2.05, 4.69) is 19.7 Å². The maximum atomic E-state index is 11.7. The molecule has 0 radical (unpaired) electrons. The van der Waals surface area contributed by atoms with Crippen LogP contribution >= 0.6 is 25.4 Å². The van der Waals surface area contributed by atoms with Gasteiger partial charge in [-0.3, -0.25) is 0 Å². The van der Waals surface area contributed by atoms with E-state index in [4.69, 9.17) is 0 Å². The van der Waals surface area contributed by atoms with Crippen molar-refractivity contribution in [3.63, 3.8) is 0 Å². The molecule has 1 rings (SSSR count). The van der Waals surface area contributed by atoms with Gasteiger partial charge in [0.15, 0.2) is 0 Å². The average Bonchev–Trinajstić information content (AvgIpc) is 2.07. The Morgan fingerprint density at radius 1 is 1.38 bits per heavy atom. The fraction of sp³-hybridized carbons (Fsp3) is 0.143. The fourth-order valence-electron chi connectivity index (χ4n) is 0.574.